The molecule has 3 rings (SSSR count). The Morgan fingerprint density at radius 1 is 0.824 bits per heavy atom. The van der Waals surface area contributed by atoms with Gasteiger partial charge < -0.3 is 69.3 Å². The van der Waals surface area contributed by atoms with Crippen LogP contribution in [0.2, 0.25) is 0 Å². The first kappa shape index (κ1) is 27.5. The molecule has 0 spiro atoms. The number of aliphatic hydroxyl groups excluding tert-OH is 8. The van der Waals surface area contributed by atoms with Crippen molar-refractivity contribution in [3.05, 3.63) is 0 Å². The largest absolute Gasteiger partial charge is 0.454 e. The minimum Gasteiger partial charge on any atom is -0.454 e. The first-order chi connectivity index (χ1) is 16.0. The van der Waals surface area contributed by atoms with Gasteiger partial charge in [0.1, 0.15) is 54.9 Å². The molecule has 8 N–H and O–H groups in total. The first-order valence-electron chi connectivity index (χ1n) is 10.7. The third kappa shape index (κ3) is 5.67. The molecule has 0 aromatic heterocycles. The predicted molar refractivity (Wildman–Crippen MR) is 103 cm³/mol. The molecule has 15 nitrogen and oxygen atoms in total. The summed E-state index contributed by atoms with van der Waals surface area (Å²) in [5.41, 5.74) is 0. The molecular weight excluding hydrogens is 468 g/mol. The van der Waals surface area contributed by atoms with E-state index in [9.17, 15) is 45.6 Å². The Balaban J connectivity index is 1.80. The minimum absolute atomic E-state index is 0.393. The summed E-state index contributed by atoms with van der Waals surface area (Å²) in [4.78, 5) is 11.5. The normalized spacial score (nSPS) is 50.1. The van der Waals surface area contributed by atoms with Crippen molar-refractivity contribution in [2.24, 2.45) is 0 Å². The lowest BCUT2D eigenvalue weighted by Crippen LogP contribution is -2.66. The van der Waals surface area contributed by atoms with E-state index in [4.69, 9.17) is 28.4 Å². The topological polar surface area (TPSA) is 234 Å². The highest BCUT2D eigenvalue weighted by Crippen LogP contribution is 2.32. The quantitative estimate of drug-likeness (QED) is 0.159. The van der Waals surface area contributed by atoms with Gasteiger partial charge in [-0.15, -0.1) is 0 Å². The third-order valence-electron chi connectivity index (χ3n) is 5.94. The summed E-state index contributed by atoms with van der Waals surface area (Å²) in [7, 11) is 0. The molecule has 0 aromatic rings. The highest BCUT2D eigenvalue weighted by Gasteiger charge is 2.53. The van der Waals surface area contributed by atoms with Crippen LogP contribution in [0, 0.1) is 0 Å². The van der Waals surface area contributed by atoms with E-state index in [0.29, 0.717) is 0 Å². The first-order valence-corrected chi connectivity index (χ1v) is 10.7. The van der Waals surface area contributed by atoms with E-state index < -0.39 is 105 Å². The SMILES string of the molecule is CC(=O)O[C@H]1[C@H](O[C@@H]2[C@@H](O)[C@H](O[C@@H]3[C@@H](O)[C@H](O)OC[C@@H]3O)O[C@H](CO)[C@H]2O)O[C@@H](C)[C@H](O)[C@H]1O. The number of ether oxygens (including phenoxy) is 6. The standard InChI is InChI=1S/C19H32O15/c1-5-9(23)11(25)16(31-6(2)21)19(30-5)34-15-10(24)8(3-20)32-18(13(15)27)33-14-7(22)4-29-17(28)12(14)26/h5,7-20,22-28H,3-4H2,1-2H3/t5-,7-,8+,9-,10+,11+,12+,13+,14-,15-,16+,17+,18-,19-/m0/s1. The van der Waals surface area contributed by atoms with Gasteiger partial charge in [-0.3, -0.25) is 4.79 Å². The van der Waals surface area contributed by atoms with Crippen LogP contribution >= 0.6 is 0 Å². The summed E-state index contributed by atoms with van der Waals surface area (Å²) in [6.07, 6.45) is -21.6. The van der Waals surface area contributed by atoms with Gasteiger partial charge in [0.05, 0.1) is 19.3 Å². The summed E-state index contributed by atoms with van der Waals surface area (Å²) >= 11 is 0. The molecule has 3 aliphatic rings. The average molecular weight is 500 g/mol. The number of carbonyl (C=O) groups is 1. The van der Waals surface area contributed by atoms with Gasteiger partial charge in [-0.2, -0.15) is 0 Å². The van der Waals surface area contributed by atoms with E-state index in [1.807, 2.05) is 0 Å². The van der Waals surface area contributed by atoms with E-state index in [1.54, 1.807) is 0 Å². The molecule has 34 heavy (non-hydrogen) atoms. The van der Waals surface area contributed by atoms with Gasteiger partial charge in [0.2, 0.25) is 0 Å². The molecule has 15 heteroatoms. The van der Waals surface area contributed by atoms with Gasteiger partial charge in [0.25, 0.3) is 0 Å². The van der Waals surface area contributed by atoms with Crippen LogP contribution in [0.5, 0.6) is 0 Å². The lowest BCUT2D eigenvalue weighted by molar-refractivity contribution is -0.373. The van der Waals surface area contributed by atoms with Crippen molar-refractivity contribution >= 4 is 5.97 Å². The molecule has 0 amide bonds. The molecule has 0 unspecified atom stereocenters. The molecule has 0 bridgehead atoms. The Morgan fingerprint density at radius 3 is 2.09 bits per heavy atom. The highest BCUT2D eigenvalue weighted by molar-refractivity contribution is 5.66. The van der Waals surface area contributed by atoms with E-state index >= 15 is 0 Å². The highest BCUT2D eigenvalue weighted by atomic mass is 16.7. The van der Waals surface area contributed by atoms with Gasteiger partial charge in [0, 0.05) is 6.92 Å². The number of hydrogen-bond donors (Lipinski definition) is 8. The Bertz CT molecular complexity index is 680. The molecule has 3 heterocycles. The van der Waals surface area contributed by atoms with Crippen molar-refractivity contribution in [1.82, 2.24) is 0 Å². The number of esters is 1. The zero-order valence-corrected chi connectivity index (χ0v) is 18.4. The maximum atomic E-state index is 11.5. The van der Waals surface area contributed by atoms with Crippen LogP contribution in [-0.2, 0) is 33.2 Å². The van der Waals surface area contributed by atoms with Gasteiger partial charge in [-0.05, 0) is 6.92 Å². The molecule has 3 fully saturated rings. The van der Waals surface area contributed by atoms with Crippen molar-refractivity contribution in [3.8, 4) is 0 Å². The third-order valence-corrected chi connectivity index (χ3v) is 5.94. The fraction of sp³-hybridized carbons (Fsp3) is 0.947. The monoisotopic (exact) mass is 500 g/mol. The maximum Gasteiger partial charge on any atom is 0.303 e. The van der Waals surface area contributed by atoms with Crippen LogP contribution < -0.4 is 0 Å². The zero-order chi connectivity index (χ0) is 25.3. The zero-order valence-electron chi connectivity index (χ0n) is 18.4. The van der Waals surface area contributed by atoms with Gasteiger partial charge >= 0.3 is 5.97 Å². The van der Waals surface area contributed by atoms with Crippen molar-refractivity contribution in [2.75, 3.05) is 13.2 Å². The Hall–Kier alpha value is -1.05. The van der Waals surface area contributed by atoms with Gasteiger partial charge in [-0.25, -0.2) is 0 Å². The second-order valence-corrected chi connectivity index (χ2v) is 8.45. The van der Waals surface area contributed by atoms with Crippen LogP contribution in [0.3, 0.4) is 0 Å². The Kier molecular flexibility index (Phi) is 9.18. The fourth-order valence-corrected chi connectivity index (χ4v) is 4.02. The molecule has 198 valence electrons. The molecule has 0 aliphatic carbocycles. The number of carbonyl (C=O) groups excluding carboxylic acids is 1. The molecular formula is C19H32O15. The van der Waals surface area contributed by atoms with E-state index in [2.05, 4.69) is 0 Å². The lowest BCUT2D eigenvalue weighted by Gasteiger charge is -2.47. The maximum absolute atomic E-state index is 11.5. The van der Waals surface area contributed by atoms with E-state index in [0.717, 1.165) is 6.92 Å². The number of aliphatic hydroxyl groups is 8. The summed E-state index contributed by atoms with van der Waals surface area (Å²) in [6, 6.07) is 0. The van der Waals surface area contributed by atoms with E-state index in [-0.39, 0.29) is 0 Å². The van der Waals surface area contributed by atoms with Crippen LogP contribution in [0.15, 0.2) is 0 Å². The molecule has 3 saturated heterocycles. The summed E-state index contributed by atoms with van der Waals surface area (Å²) in [6.45, 7) is 1.31. The second-order valence-electron chi connectivity index (χ2n) is 8.45. The fourth-order valence-electron chi connectivity index (χ4n) is 4.02. The Labute approximate surface area is 193 Å². The Morgan fingerprint density at radius 2 is 1.47 bits per heavy atom. The molecule has 0 radical (unpaired) electrons. The minimum atomic E-state index is -1.82. The summed E-state index contributed by atoms with van der Waals surface area (Å²) in [5, 5.41) is 81.3. The van der Waals surface area contributed by atoms with Gasteiger partial charge in [-0.1, -0.05) is 0 Å². The van der Waals surface area contributed by atoms with Crippen molar-refractivity contribution in [3.63, 3.8) is 0 Å². The van der Waals surface area contributed by atoms with Crippen molar-refractivity contribution < 1.29 is 74.1 Å². The van der Waals surface area contributed by atoms with Gasteiger partial charge in [0.15, 0.2) is 25.0 Å². The van der Waals surface area contributed by atoms with E-state index in [1.165, 1.54) is 6.92 Å². The summed E-state index contributed by atoms with van der Waals surface area (Å²) in [5.74, 6) is -0.827. The molecule has 3 aliphatic heterocycles. The number of rotatable bonds is 6. The predicted octanol–water partition coefficient (Wildman–Crippen LogP) is -5.34. The second kappa shape index (κ2) is 11.3. The summed E-state index contributed by atoms with van der Waals surface area (Å²) < 4.78 is 31.7. The molecule has 14 atom stereocenters. The van der Waals surface area contributed by atoms with Crippen LogP contribution in [0.1, 0.15) is 13.8 Å². The lowest BCUT2D eigenvalue weighted by atomic mass is 9.96. The smallest absolute Gasteiger partial charge is 0.303 e. The average Bonchev–Trinajstić information content (AvgIpc) is 2.78. The van der Waals surface area contributed by atoms with Crippen molar-refractivity contribution in [1.29, 1.82) is 0 Å². The number of hydrogen-bond acceptors (Lipinski definition) is 15. The van der Waals surface area contributed by atoms with Crippen LogP contribution in [-0.4, -0.2) is 146 Å². The van der Waals surface area contributed by atoms with Crippen LogP contribution in [0.4, 0.5) is 0 Å². The van der Waals surface area contributed by atoms with Crippen molar-refractivity contribution in [2.45, 2.75) is 99.9 Å². The van der Waals surface area contributed by atoms with Crippen LogP contribution in [0.25, 0.3) is 0 Å². The molecule has 0 aromatic carbocycles. The molecule has 0 saturated carbocycles.